The van der Waals surface area contributed by atoms with Crippen LogP contribution in [0.5, 0.6) is 0 Å². The van der Waals surface area contributed by atoms with E-state index in [4.69, 9.17) is 0 Å². The summed E-state index contributed by atoms with van der Waals surface area (Å²) in [7, 11) is 0. The summed E-state index contributed by atoms with van der Waals surface area (Å²) in [5.74, 6) is 1.44. The van der Waals surface area contributed by atoms with Gasteiger partial charge in [-0.2, -0.15) is 5.10 Å². The lowest BCUT2D eigenvalue weighted by Crippen LogP contribution is -2.29. The number of nitrogens with zero attached hydrogens (tertiary/aromatic N) is 3. The predicted octanol–water partition coefficient (Wildman–Crippen LogP) is 2.41. The fourth-order valence-electron chi connectivity index (χ4n) is 4.28. The lowest BCUT2D eigenvalue weighted by atomic mass is 10.0. The molecule has 126 valence electrons. The number of benzene rings is 1. The number of amides is 1. The van der Waals surface area contributed by atoms with Crippen molar-refractivity contribution < 1.29 is 9.90 Å². The standard InChI is InChI=1S/C19H23N3O2/c23-10-9-22-18(14-5-2-1-3-6-14)17(11-20-22)19(24)21-12-15-7-4-8-16(15)13-21/h1-3,5-6,11,15-16,23H,4,7-10,12-13H2/t15-,16+. The van der Waals surface area contributed by atoms with Gasteiger partial charge in [0.15, 0.2) is 0 Å². The number of fused-ring (bicyclic) bond motifs is 1. The molecule has 4 rings (SSSR count). The van der Waals surface area contributed by atoms with E-state index in [0.29, 0.717) is 23.9 Å². The Morgan fingerprint density at radius 3 is 2.54 bits per heavy atom. The normalized spacial score (nSPS) is 22.8. The van der Waals surface area contributed by atoms with Gasteiger partial charge in [-0.1, -0.05) is 36.8 Å². The number of rotatable bonds is 4. The molecule has 2 aromatic rings. The molecule has 0 radical (unpaired) electrons. The summed E-state index contributed by atoms with van der Waals surface area (Å²) in [5.41, 5.74) is 2.42. The van der Waals surface area contributed by atoms with Gasteiger partial charge in [0.05, 0.1) is 30.6 Å². The Labute approximate surface area is 141 Å². The van der Waals surface area contributed by atoms with Gasteiger partial charge in [-0.3, -0.25) is 9.48 Å². The van der Waals surface area contributed by atoms with Crippen molar-refractivity contribution in [1.29, 1.82) is 0 Å². The third-order valence-electron chi connectivity index (χ3n) is 5.44. The zero-order chi connectivity index (χ0) is 16.5. The molecule has 0 bridgehead atoms. The molecule has 2 aliphatic rings. The van der Waals surface area contributed by atoms with Crippen LogP contribution in [0.4, 0.5) is 0 Å². The molecule has 1 aromatic carbocycles. The number of carbonyl (C=O) groups is 1. The van der Waals surface area contributed by atoms with Gasteiger partial charge in [0, 0.05) is 18.7 Å². The van der Waals surface area contributed by atoms with Crippen LogP contribution in [0, 0.1) is 11.8 Å². The highest BCUT2D eigenvalue weighted by Crippen LogP contribution is 2.38. The van der Waals surface area contributed by atoms with Crippen molar-refractivity contribution in [3.8, 4) is 11.3 Å². The first-order valence-electron chi connectivity index (χ1n) is 8.79. The first-order valence-corrected chi connectivity index (χ1v) is 8.79. The van der Waals surface area contributed by atoms with Gasteiger partial charge >= 0.3 is 0 Å². The van der Waals surface area contributed by atoms with Crippen molar-refractivity contribution in [3.63, 3.8) is 0 Å². The summed E-state index contributed by atoms with van der Waals surface area (Å²) in [6.45, 7) is 2.15. The Morgan fingerprint density at radius 2 is 1.88 bits per heavy atom. The maximum Gasteiger partial charge on any atom is 0.257 e. The zero-order valence-electron chi connectivity index (χ0n) is 13.8. The molecule has 2 heterocycles. The quantitative estimate of drug-likeness (QED) is 0.939. The second-order valence-electron chi connectivity index (χ2n) is 6.88. The molecule has 2 fully saturated rings. The van der Waals surface area contributed by atoms with E-state index >= 15 is 0 Å². The van der Waals surface area contributed by atoms with Crippen molar-refractivity contribution >= 4 is 5.91 Å². The molecule has 24 heavy (non-hydrogen) atoms. The van der Waals surface area contributed by atoms with Gasteiger partial charge in [-0.25, -0.2) is 0 Å². The van der Waals surface area contributed by atoms with E-state index in [-0.39, 0.29) is 12.5 Å². The monoisotopic (exact) mass is 325 g/mol. The van der Waals surface area contributed by atoms with Gasteiger partial charge in [-0.05, 0) is 24.7 Å². The maximum absolute atomic E-state index is 13.1. The van der Waals surface area contributed by atoms with Crippen molar-refractivity contribution in [1.82, 2.24) is 14.7 Å². The second-order valence-corrected chi connectivity index (χ2v) is 6.88. The third-order valence-corrected chi connectivity index (χ3v) is 5.44. The van der Waals surface area contributed by atoms with Crippen LogP contribution in [0.25, 0.3) is 11.3 Å². The van der Waals surface area contributed by atoms with Gasteiger partial charge in [0.1, 0.15) is 0 Å². The average Bonchev–Trinajstić information content (AvgIpc) is 3.29. The fourth-order valence-corrected chi connectivity index (χ4v) is 4.28. The van der Waals surface area contributed by atoms with E-state index < -0.39 is 0 Å². The predicted molar refractivity (Wildman–Crippen MR) is 91.5 cm³/mol. The van der Waals surface area contributed by atoms with E-state index in [9.17, 15) is 9.90 Å². The van der Waals surface area contributed by atoms with Crippen LogP contribution in [-0.2, 0) is 6.54 Å². The smallest absolute Gasteiger partial charge is 0.257 e. The third kappa shape index (κ3) is 2.63. The van der Waals surface area contributed by atoms with E-state index in [1.165, 1.54) is 19.3 Å². The van der Waals surface area contributed by atoms with Crippen molar-refractivity contribution in [2.24, 2.45) is 11.8 Å². The molecule has 1 aromatic heterocycles. The number of carbonyl (C=O) groups excluding carboxylic acids is 1. The second kappa shape index (κ2) is 6.40. The molecule has 1 aliphatic heterocycles. The number of aromatic nitrogens is 2. The Kier molecular flexibility index (Phi) is 4.10. The molecule has 1 saturated heterocycles. The summed E-state index contributed by atoms with van der Waals surface area (Å²) < 4.78 is 1.74. The Morgan fingerprint density at radius 1 is 1.17 bits per heavy atom. The topological polar surface area (TPSA) is 58.4 Å². The number of aliphatic hydroxyl groups is 1. The van der Waals surface area contributed by atoms with Crippen LogP contribution in [0.15, 0.2) is 36.5 Å². The molecule has 0 unspecified atom stereocenters. The number of aliphatic hydroxyl groups excluding tert-OH is 1. The molecule has 5 heteroatoms. The number of likely N-dealkylation sites (tertiary alicyclic amines) is 1. The minimum atomic E-state index is 0.00298. The summed E-state index contributed by atoms with van der Waals surface area (Å²) >= 11 is 0. The molecule has 2 atom stereocenters. The van der Waals surface area contributed by atoms with E-state index in [1.807, 2.05) is 35.2 Å². The first-order chi connectivity index (χ1) is 11.8. The lowest BCUT2D eigenvalue weighted by Gasteiger charge is -2.18. The zero-order valence-corrected chi connectivity index (χ0v) is 13.8. The van der Waals surface area contributed by atoms with E-state index in [0.717, 1.165) is 24.3 Å². The van der Waals surface area contributed by atoms with E-state index in [1.54, 1.807) is 10.9 Å². The fraction of sp³-hybridized carbons (Fsp3) is 0.474. The number of hydrogen-bond acceptors (Lipinski definition) is 3. The highest BCUT2D eigenvalue weighted by molar-refractivity contribution is 6.00. The molecule has 1 saturated carbocycles. The highest BCUT2D eigenvalue weighted by atomic mass is 16.3. The van der Waals surface area contributed by atoms with Crippen molar-refractivity contribution in [3.05, 3.63) is 42.1 Å². The molecule has 1 amide bonds. The summed E-state index contributed by atoms with van der Waals surface area (Å²) in [4.78, 5) is 15.1. The van der Waals surface area contributed by atoms with E-state index in [2.05, 4.69) is 5.10 Å². The summed E-state index contributed by atoms with van der Waals surface area (Å²) in [6.07, 6.45) is 5.48. The Balaban J connectivity index is 1.66. The van der Waals surface area contributed by atoms with Gasteiger partial charge in [0.2, 0.25) is 0 Å². The minimum absolute atomic E-state index is 0.00298. The molecule has 1 aliphatic carbocycles. The molecular weight excluding hydrogens is 302 g/mol. The molecule has 0 spiro atoms. The van der Waals surface area contributed by atoms with Crippen LogP contribution in [0.1, 0.15) is 29.6 Å². The average molecular weight is 325 g/mol. The van der Waals surface area contributed by atoms with Crippen LogP contribution >= 0.6 is 0 Å². The van der Waals surface area contributed by atoms with Gasteiger partial charge in [0.25, 0.3) is 5.91 Å². The summed E-state index contributed by atoms with van der Waals surface area (Å²) in [5, 5.41) is 13.7. The van der Waals surface area contributed by atoms with Crippen LogP contribution in [0.3, 0.4) is 0 Å². The molecule has 1 N–H and O–H groups in total. The lowest BCUT2D eigenvalue weighted by molar-refractivity contribution is 0.0781. The highest BCUT2D eigenvalue weighted by Gasteiger charge is 2.39. The summed E-state index contributed by atoms with van der Waals surface area (Å²) in [6, 6.07) is 9.85. The van der Waals surface area contributed by atoms with Crippen molar-refractivity contribution in [2.45, 2.75) is 25.8 Å². The van der Waals surface area contributed by atoms with Gasteiger partial charge in [-0.15, -0.1) is 0 Å². The van der Waals surface area contributed by atoms with Crippen molar-refractivity contribution in [2.75, 3.05) is 19.7 Å². The van der Waals surface area contributed by atoms with Crippen LogP contribution < -0.4 is 0 Å². The minimum Gasteiger partial charge on any atom is -0.394 e. The molecule has 5 nitrogen and oxygen atoms in total. The first kappa shape index (κ1) is 15.4. The molecular formula is C19H23N3O2. The van der Waals surface area contributed by atoms with Crippen LogP contribution in [-0.4, -0.2) is 45.4 Å². The van der Waals surface area contributed by atoms with Crippen LogP contribution in [0.2, 0.25) is 0 Å². The Bertz CT molecular complexity index is 713. The largest absolute Gasteiger partial charge is 0.394 e. The van der Waals surface area contributed by atoms with Gasteiger partial charge < -0.3 is 10.0 Å². The SMILES string of the molecule is O=C(c1cnn(CCO)c1-c1ccccc1)N1C[C@H]2CCC[C@H]2C1. The maximum atomic E-state index is 13.1. The number of hydrogen-bond donors (Lipinski definition) is 1. The Hall–Kier alpha value is -2.14.